The highest BCUT2D eigenvalue weighted by molar-refractivity contribution is 7.95. The molecule has 0 aliphatic carbocycles. The lowest BCUT2D eigenvalue weighted by atomic mass is 9.95. The van der Waals surface area contributed by atoms with Gasteiger partial charge in [0.15, 0.2) is 9.84 Å². The van der Waals surface area contributed by atoms with Crippen molar-refractivity contribution < 1.29 is 8.42 Å². The molecule has 1 aliphatic heterocycles. The molecule has 0 atom stereocenters. The zero-order chi connectivity index (χ0) is 15.5. The summed E-state index contributed by atoms with van der Waals surface area (Å²) >= 11 is 5.09. The summed E-state index contributed by atoms with van der Waals surface area (Å²) in [6.45, 7) is 3.89. The largest absolute Gasteiger partial charge is 0.392 e. The molecule has 0 unspecified atom stereocenters. The number of rotatable bonds is 5. The maximum atomic E-state index is 12.4. The van der Waals surface area contributed by atoms with Gasteiger partial charge < -0.3 is 5.73 Å². The standard InChI is InChI=1S/C15H22N2O2S2/c1-2-21(18,19)15(14(16)20)8-10-17(11-9-15)12-13-6-4-3-5-7-13/h3-7H,2,8-12H2,1H3,(H2,16,20). The lowest BCUT2D eigenvalue weighted by molar-refractivity contribution is 0.209. The Morgan fingerprint density at radius 1 is 1.29 bits per heavy atom. The molecule has 2 rings (SSSR count). The molecule has 0 bridgehead atoms. The first-order valence-corrected chi connectivity index (χ1v) is 9.26. The van der Waals surface area contributed by atoms with Gasteiger partial charge in [0.1, 0.15) is 4.75 Å². The van der Waals surface area contributed by atoms with Gasteiger partial charge in [0.2, 0.25) is 0 Å². The summed E-state index contributed by atoms with van der Waals surface area (Å²) in [4.78, 5) is 2.39. The number of hydrogen-bond donors (Lipinski definition) is 1. The fourth-order valence-corrected chi connectivity index (χ4v) is 5.15. The van der Waals surface area contributed by atoms with Gasteiger partial charge in [-0.3, -0.25) is 4.90 Å². The van der Waals surface area contributed by atoms with Gasteiger partial charge in [-0.1, -0.05) is 49.5 Å². The van der Waals surface area contributed by atoms with Gasteiger partial charge >= 0.3 is 0 Å². The van der Waals surface area contributed by atoms with Gasteiger partial charge in [0.05, 0.1) is 4.99 Å². The van der Waals surface area contributed by atoms with Crippen LogP contribution in [0.5, 0.6) is 0 Å². The minimum absolute atomic E-state index is 0.0863. The number of thiocarbonyl (C=S) groups is 1. The van der Waals surface area contributed by atoms with E-state index in [-0.39, 0.29) is 10.7 Å². The Balaban J connectivity index is 2.09. The third-order valence-corrected chi connectivity index (χ3v) is 7.44. The second kappa shape index (κ2) is 6.42. The topological polar surface area (TPSA) is 63.4 Å². The van der Waals surface area contributed by atoms with Crippen LogP contribution in [0.2, 0.25) is 0 Å². The Hall–Kier alpha value is -0.980. The van der Waals surface area contributed by atoms with Crippen molar-refractivity contribution in [2.45, 2.75) is 31.1 Å². The lowest BCUT2D eigenvalue weighted by Gasteiger charge is -2.40. The van der Waals surface area contributed by atoms with Crippen LogP contribution >= 0.6 is 12.2 Å². The van der Waals surface area contributed by atoms with Crippen LogP contribution in [0, 0.1) is 0 Å². The van der Waals surface area contributed by atoms with Crippen LogP contribution in [0.3, 0.4) is 0 Å². The Bertz CT molecular complexity index is 591. The summed E-state index contributed by atoms with van der Waals surface area (Å²) in [5, 5.41) is 0. The average Bonchev–Trinajstić information content (AvgIpc) is 2.48. The molecule has 116 valence electrons. The molecule has 1 aromatic carbocycles. The third-order valence-electron chi connectivity index (χ3n) is 4.34. The molecule has 0 radical (unpaired) electrons. The van der Waals surface area contributed by atoms with Crippen molar-refractivity contribution in [3.05, 3.63) is 35.9 Å². The SMILES string of the molecule is CCS(=O)(=O)C1(C(N)=S)CCN(Cc2ccccc2)CC1. The van der Waals surface area contributed by atoms with Gasteiger partial charge in [-0.15, -0.1) is 0 Å². The van der Waals surface area contributed by atoms with E-state index in [1.165, 1.54) is 5.56 Å². The first-order chi connectivity index (χ1) is 9.91. The normalized spacial score (nSPS) is 19.3. The highest BCUT2D eigenvalue weighted by Gasteiger charge is 2.47. The fraction of sp³-hybridized carbons (Fsp3) is 0.533. The molecular formula is C15H22N2O2S2. The van der Waals surface area contributed by atoms with E-state index in [1.807, 2.05) is 18.2 Å². The molecule has 1 saturated heterocycles. The first kappa shape index (κ1) is 16.4. The van der Waals surface area contributed by atoms with Gasteiger partial charge in [-0.2, -0.15) is 0 Å². The average molecular weight is 326 g/mol. The van der Waals surface area contributed by atoms with Crippen LogP contribution < -0.4 is 5.73 Å². The molecule has 0 saturated carbocycles. The molecule has 1 aromatic rings. The van der Waals surface area contributed by atoms with Gasteiger partial charge in [-0.25, -0.2) is 8.42 Å². The van der Waals surface area contributed by atoms with Crippen molar-refractivity contribution in [2.24, 2.45) is 5.73 Å². The Kier molecular flexibility index (Phi) is 5.01. The number of benzene rings is 1. The van der Waals surface area contributed by atoms with E-state index >= 15 is 0 Å². The summed E-state index contributed by atoms with van der Waals surface area (Å²) in [5.74, 6) is 0.0863. The molecule has 21 heavy (non-hydrogen) atoms. The summed E-state index contributed by atoms with van der Waals surface area (Å²) < 4.78 is 23.8. The van der Waals surface area contributed by atoms with E-state index < -0.39 is 14.6 Å². The Morgan fingerprint density at radius 2 is 1.86 bits per heavy atom. The number of nitrogens with two attached hydrogens (primary N) is 1. The van der Waals surface area contributed by atoms with Crippen LogP contribution in [-0.4, -0.2) is 41.9 Å². The highest BCUT2D eigenvalue weighted by Crippen LogP contribution is 2.32. The number of nitrogens with zero attached hydrogens (tertiary/aromatic N) is 1. The minimum atomic E-state index is -3.27. The van der Waals surface area contributed by atoms with Crippen molar-refractivity contribution in [3.63, 3.8) is 0 Å². The Labute approximate surface area is 132 Å². The van der Waals surface area contributed by atoms with E-state index in [1.54, 1.807) is 6.92 Å². The molecule has 0 spiro atoms. The van der Waals surface area contributed by atoms with E-state index in [2.05, 4.69) is 17.0 Å². The predicted octanol–water partition coefficient (Wildman–Crippen LogP) is 1.74. The number of sulfone groups is 1. The van der Waals surface area contributed by atoms with E-state index in [0.717, 1.165) is 6.54 Å². The maximum Gasteiger partial charge on any atom is 0.162 e. The molecule has 0 aromatic heterocycles. The molecule has 2 N–H and O–H groups in total. The summed E-state index contributed by atoms with van der Waals surface area (Å²) in [6, 6.07) is 10.2. The number of hydrogen-bond acceptors (Lipinski definition) is 4. The van der Waals surface area contributed by atoms with Crippen LogP contribution in [0.1, 0.15) is 25.3 Å². The molecular weight excluding hydrogens is 304 g/mol. The summed E-state index contributed by atoms with van der Waals surface area (Å²) in [7, 11) is -3.27. The third kappa shape index (κ3) is 3.27. The number of piperidine rings is 1. The predicted molar refractivity (Wildman–Crippen MR) is 89.9 cm³/mol. The van der Waals surface area contributed by atoms with Crippen molar-refractivity contribution in [1.82, 2.24) is 4.90 Å². The molecule has 1 aliphatic rings. The first-order valence-electron chi connectivity index (χ1n) is 7.20. The minimum Gasteiger partial charge on any atom is -0.392 e. The summed E-state index contributed by atoms with van der Waals surface area (Å²) in [5.41, 5.74) is 7.03. The van der Waals surface area contributed by atoms with E-state index in [9.17, 15) is 8.42 Å². The maximum absolute atomic E-state index is 12.4. The van der Waals surface area contributed by atoms with Crippen LogP contribution in [-0.2, 0) is 16.4 Å². The second-order valence-electron chi connectivity index (χ2n) is 5.52. The molecule has 1 fully saturated rings. The van der Waals surface area contributed by atoms with Crippen LogP contribution in [0.25, 0.3) is 0 Å². The van der Waals surface area contributed by atoms with E-state index in [0.29, 0.717) is 25.9 Å². The monoisotopic (exact) mass is 326 g/mol. The second-order valence-corrected chi connectivity index (χ2v) is 8.55. The van der Waals surface area contributed by atoms with Gasteiger partial charge in [-0.05, 0) is 18.4 Å². The lowest BCUT2D eigenvalue weighted by Crippen LogP contribution is -2.56. The molecule has 6 heteroatoms. The smallest absolute Gasteiger partial charge is 0.162 e. The van der Waals surface area contributed by atoms with Crippen LogP contribution in [0.15, 0.2) is 30.3 Å². The van der Waals surface area contributed by atoms with Crippen molar-refractivity contribution >= 4 is 27.0 Å². The molecule has 4 nitrogen and oxygen atoms in total. The van der Waals surface area contributed by atoms with Crippen LogP contribution in [0.4, 0.5) is 0 Å². The van der Waals surface area contributed by atoms with E-state index in [4.69, 9.17) is 18.0 Å². The van der Waals surface area contributed by atoms with Gasteiger partial charge in [0.25, 0.3) is 0 Å². The zero-order valence-electron chi connectivity index (χ0n) is 12.3. The Morgan fingerprint density at radius 3 is 2.33 bits per heavy atom. The van der Waals surface area contributed by atoms with Crippen molar-refractivity contribution in [2.75, 3.05) is 18.8 Å². The number of likely N-dealkylation sites (tertiary alicyclic amines) is 1. The highest BCUT2D eigenvalue weighted by atomic mass is 32.2. The van der Waals surface area contributed by atoms with Crippen molar-refractivity contribution in [3.8, 4) is 0 Å². The quantitative estimate of drug-likeness (QED) is 0.835. The molecule has 0 amide bonds. The summed E-state index contributed by atoms with van der Waals surface area (Å²) in [6.07, 6.45) is 0.983. The molecule has 1 heterocycles. The fourth-order valence-electron chi connectivity index (χ4n) is 2.90. The van der Waals surface area contributed by atoms with Crippen molar-refractivity contribution in [1.29, 1.82) is 0 Å². The van der Waals surface area contributed by atoms with Gasteiger partial charge in [0, 0.05) is 25.4 Å². The zero-order valence-corrected chi connectivity index (χ0v) is 13.9.